The number of para-hydroxylation sites is 4. The van der Waals surface area contributed by atoms with E-state index >= 15 is 0 Å². The number of hydrogen-bond donors (Lipinski definition) is 0. The van der Waals surface area contributed by atoms with Gasteiger partial charge < -0.3 is 13.7 Å². The third-order valence-electron chi connectivity index (χ3n) is 10.5. The van der Waals surface area contributed by atoms with Gasteiger partial charge in [-0.05, 0) is 103 Å². The molecule has 52 heavy (non-hydrogen) atoms. The van der Waals surface area contributed by atoms with Crippen LogP contribution < -0.4 is 0 Å². The number of hydrogen-bond acceptors (Lipinski definition) is 0. The van der Waals surface area contributed by atoms with Crippen molar-refractivity contribution in [2.24, 2.45) is 0 Å². The third kappa shape index (κ3) is 4.46. The number of rotatable bonds is 6. The second kappa shape index (κ2) is 11.9. The van der Waals surface area contributed by atoms with Crippen molar-refractivity contribution in [1.82, 2.24) is 13.7 Å². The molecule has 0 bridgehead atoms. The Labute approximate surface area is 301 Å². The molecular weight excluding hydrogens is 631 g/mol. The maximum Gasteiger partial charge on any atom is 0.0562 e. The van der Waals surface area contributed by atoms with Gasteiger partial charge in [0.05, 0.1) is 33.1 Å². The van der Waals surface area contributed by atoms with Gasteiger partial charge in [0.15, 0.2) is 0 Å². The molecule has 0 spiro atoms. The van der Waals surface area contributed by atoms with Crippen molar-refractivity contribution < 1.29 is 0 Å². The molecule has 10 rings (SSSR count). The highest BCUT2D eigenvalue weighted by Gasteiger charge is 2.20. The predicted molar refractivity (Wildman–Crippen MR) is 223 cm³/mol. The standard InChI is InChI=1S/C49H35N3/c1-3-15-35(16-4-2)50-44-23-13-11-21-38(44)40-29-33(25-27-46(40)50)34-26-28-47-41(30-34)43-31-42-39-22-12-14-24-45(39)51(36-17-7-5-8-18-36)48(42)32-49(43)52(47)37-19-9-6-10-20-37/h3-32H,1H2,2H3/b16-4-,35-15+. The number of aromatic nitrogens is 3. The lowest BCUT2D eigenvalue weighted by molar-refractivity contribution is 1.16. The molecule has 3 heterocycles. The molecule has 3 heteroatoms. The minimum absolute atomic E-state index is 1.09. The summed E-state index contributed by atoms with van der Waals surface area (Å²) in [5, 5.41) is 7.45. The van der Waals surface area contributed by atoms with Gasteiger partial charge in [0.1, 0.15) is 0 Å². The van der Waals surface area contributed by atoms with Crippen LogP contribution in [0.5, 0.6) is 0 Å². The van der Waals surface area contributed by atoms with E-state index in [0.717, 1.165) is 17.1 Å². The molecule has 0 atom stereocenters. The monoisotopic (exact) mass is 665 g/mol. The number of allylic oxidation sites excluding steroid dienone is 5. The van der Waals surface area contributed by atoms with E-state index in [-0.39, 0.29) is 0 Å². The quantitative estimate of drug-likeness (QED) is 0.157. The minimum atomic E-state index is 1.09. The van der Waals surface area contributed by atoms with Crippen LogP contribution in [-0.4, -0.2) is 13.7 Å². The van der Waals surface area contributed by atoms with Crippen LogP contribution in [-0.2, 0) is 0 Å². The second-order valence-electron chi connectivity index (χ2n) is 13.4. The van der Waals surface area contributed by atoms with Crippen molar-refractivity contribution in [3.63, 3.8) is 0 Å². The van der Waals surface area contributed by atoms with Gasteiger partial charge in [-0.1, -0.05) is 104 Å². The summed E-state index contributed by atoms with van der Waals surface area (Å²) in [6, 6.07) is 57.6. The van der Waals surface area contributed by atoms with Crippen LogP contribution >= 0.6 is 0 Å². The molecule has 0 aliphatic heterocycles. The molecule has 0 amide bonds. The lowest BCUT2D eigenvalue weighted by Gasteiger charge is -2.10. The van der Waals surface area contributed by atoms with Gasteiger partial charge >= 0.3 is 0 Å². The van der Waals surface area contributed by atoms with Crippen molar-refractivity contribution in [3.05, 3.63) is 189 Å². The van der Waals surface area contributed by atoms with Gasteiger partial charge in [0.25, 0.3) is 0 Å². The lowest BCUT2D eigenvalue weighted by Crippen LogP contribution is -1.95. The van der Waals surface area contributed by atoms with Crippen LogP contribution in [0.2, 0.25) is 0 Å². The molecule has 0 saturated heterocycles. The Kier molecular flexibility index (Phi) is 6.87. The maximum atomic E-state index is 3.99. The minimum Gasteiger partial charge on any atom is -0.309 e. The van der Waals surface area contributed by atoms with Crippen LogP contribution in [0.25, 0.3) is 93.6 Å². The molecule has 0 N–H and O–H groups in total. The Balaban J connectivity index is 1.25. The fourth-order valence-electron chi connectivity index (χ4n) is 8.30. The molecule has 246 valence electrons. The van der Waals surface area contributed by atoms with Crippen LogP contribution in [0, 0.1) is 0 Å². The summed E-state index contributed by atoms with van der Waals surface area (Å²) in [6.45, 7) is 6.05. The predicted octanol–water partition coefficient (Wildman–Crippen LogP) is 13.3. The molecule has 0 saturated carbocycles. The maximum absolute atomic E-state index is 3.99. The second-order valence-corrected chi connectivity index (χ2v) is 13.4. The topological polar surface area (TPSA) is 14.8 Å². The molecule has 0 radical (unpaired) electrons. The SMILES string of the molecule is C=C/C=C(\C=C/C)n1c2ccccc2c2cc(-c3ccc4c(c3)c3cc5c6ccccc6n(-c6ccccc6)c5cc3n4-c3ccccc3)ccc21. The van der Waals surface area contributed by atoms with Crippen molar-refractivity contribution in [2.75, 3.05) is 0 Å². The molecule has 7 aromatic carbocycles. The first kappa shape index (κ1) is 30.0. The van der Waals surface area contributed by atoms with Gasteiger partial charge in [-0.3, -0.25) is 0 Å². The highest BCUT2D eigenvalue weighted by Crippen LogP contribution is 2.41. The van der Waals surface area contributed by atoms with E-state index in [2.05, 4.69) is 203 Å². The summed E-state index contributed by atoms with van der Waals surface area (Å²) < 4.78 is 7.16. The average Bonchev–Trinajstić information content (AvgIpc) is 3.82. The van der Waals surface area contributed by atoms with Gasteiger partial charge in [0.2, 0.25) is 0 Å². The van der Waals surface area contributed by atoms with Gasteiger partial charge in [0, 0.05) is 49.4 Å². The van der Waals surface area contributed by atoms with Crippen LogP contribution in [0.15, 0.2) is 189 Å². The zero-order valence-electron chi connectivity index (χ0n) is 28.9. The third-order valence-corrected chi connectivity index (χ3v) is 10.5. The van der Waals surface area contributed by atoms with Crippen molar-refractivity contribution >= 4 is 71.1 Å². The zero-order chi connectivity index (χ0) is 34.8. The number of fused-ring (bicyclic) bond motifs is 9. The van der Waals surface area contributed by atoms with E-state index in [1.54, 1.807) is 0 Å². The van der Waals surface area contributed by atoms with Gasteiger partial charge in [-0.15, -0.1) is 0 Å². The molecule has 0 fully saturated rings. The van der Waals surface area contributed by atoms with E-state index in [9.17, 15) is 0 Å². The van der Waals surface area contributed by atoms with Crippen molar-refractivity contribution in [2.45, 2.75) is 6.92 Å². The van der Waals surface area contributed by atoms with Crippen molar-refractivity contribution in [1.29, 1.82) is 0 Å². The first-order valence-electron chi connectivity index (χ1n) is 17.8. The molecule has 0 unspecified atom stereocenters. The van der Waals surface area contributed by atoms with E-state index < -0.39 is 0 Å². The summed E-state index contributed by atoms with van der Waals surface area (Å²) in [6.07, 6.45) is 8.16. The molecule has 10 aromatic rings. The summed E-state index contributed by atoms with van der Waals surface area (Å²) in [5.41, 5.74) is 12.9. The van der Waals surface area contributed by atoms with E-state index in [1.807, 2.05) is 6.08 Å². The molecule has 0 aliphatic rings. The fourth-order valence-corrected chi connectivity index (χ4v) is 8.30. The highest BCUT2D eigenvalue weighted by atomic mass is 15.0. The Morgan fingerprint density at radius 1 is 0.442 bits per heavy atom. The average molecular weight is 666 g/mol. The summed E-state index contributed by atoms with van der Waals surface area (Å²) >= 11 is 0. The molecule has 3 nitrogen and oxygen atoms in total. The van der Waals surface area contributed by atoms with Crippen LogP contribution in [0.1, 0.15) is 6.92 Å². The largest absolute Gasteiger partial charge is 0.309 e. The van der Waals surface area contributed by atoms with E-state index in [1.165, 1.54) is 76.5 Å². The molecular formula is C49H35N3. The normalized spacial score (nSPS) is 12.4. The lowest BCUT2D eigenvalue weighted by atomic mass is 10.00. The van der Waals surface area contributed by atoms with Gasteiger partial charge in [-0.2, -0.15) is 0 Å². The Bertz CT molecular complexity index is 3070. The summed E-state index contributed by atoms with van der Waals surface area (Å²) in [7, 11) is 0. The van der Waals surface area contributed by atoms with E-state index in [0.29, 0.717) is 0 Å². The fraction of sp³-hybridized carbons (Fsp3) is 0.0204. The molecule has 0 aliphatic carbocycles. The summed E-state index contributed by atoms with van der Waals surface area (Å²) in [5.74, 6) is 0. The van der Waals surface area contributed by atoms with Crippen molar-refractivity contribution in [3.8, 4) is 22.5 Å². The Hall–Kier alpha value is -6.84. The van der Waals surface area contributed by atoms with Gasteiger partial charge in [-0.25, -0.2) is 0 Å². The molecule has 3 aromatic heterocycles. The highest BCUT2D eigenvalue weighted by molar-refractivity contribution is 6.20. The summed E-state index contributed by atoms with van der Waals surface area (Å²) in [4.78, 5) is 0. The van der Waals surface area contributed by atoms with E-state index in [4.69, 9.17) is 0 Å². The number of nitrogens with zero attached hydrogens (tertiary/aromatic N) is 3. The smallest absolute Gasteiger partial charge is 0.0562 e. The zero-order valence-corrected chi connectivity index (χ0v) is 28.9. The Morgan fingerprint density at radius 3 is 1.52 bits per heavy atom. The van der Waals surface area contributed by atoms with Crippen LogP contribution in [0.3, 0.4) is 0 Å². The first-order valence-corrected chi connectivity index (χ1v) is 17.8. The Morgan fingerprint density at radius 2 is 0.904 bits per heavy atom. The first-order chi connectivity index (χ1) is 25.7. The number of benzene rings is 7. The van der Waals surface area contributed by atoms with Crippen LogP contribution in [0.4, 0.5) is 0 Å².